The molecule has 1 rings (SSSR count). The Labute approximate surface area is 65.7 Å². The summed E-state index contributed by atoms with van der Waals surface area (Å²) >= 11 is 6.66. The van der Waals surface area contributed by atoms with Crippen molar-refractivity contribution in [1.82, 2.24) is 13.2 Å². The normalized spacial score (nSPS) is 26.2. The SMILES string of the molecule is BrN1CNCN(Br)C1. The van der Waals surface area contributed by atoms with E-state index < -0.39 is 0 Å². The van der Waals surface area contributed by atoms with Crippen LogP contribution in [0.5, 0.6) is 0 Å². The maximum Gasteiger partial charge on any atom is 0.0739 e. The van der Waals surface area contributed by atoms with Crippen LogP contribution in [0.25, 0.3) is 0 Å². The van der Waals surface area contributed by atoms with Crippen LogP contribution in [0.4, 0.5) is 0 Å². The predicted molar refractivity (Wildman–Crippen MR) is 39.3 cm³/mol. The molecule has 0 atom stereocenters. The average Bonchev–Trinajstić information content (AvgIpc) is 1.64. The zero-order valence-electron chi connectivity index (χ0n) is 4.27. The van der Waals surface area contributed by atoms with E-state index in [1.165, 1.54) is 0 Å². The fourth-order valence-electron chi connectivity index (χ4n) is 0.559. The molecule has 0 aromatic carbocycles. The van der Waals surface area contributed by atoms with E-state index in [9.17, 15) is 0 Å². The Kier molecular flexibility index (Phi) is 2.71. The summed E-state index contributed by atoms with van der Waals surface area (Å²) in [6.07, 6.45) is 0. The van der Waals surface area contributed by atoms with E-state index in [1.807, 2.05) is 7.85 Å². The van der Waals surface area contributed by atoms with Crippen molar-refractivity contribution in [1.29, 1.82) is 0 Å². The van der Waals surface area contributed by atoms with Crippen LogP contribution in [-0.2, 0) is 0 Å². The van der Waals surface area contributed by atoms with Crippen molar-refractivity contribution >= 4 is 32.3 Å². The standard InChI is InChI=1S/C3H7Br2N3/c4-7-1-6-2-8(5)3-7/h6H,1-3H2. The Morgan fingerprint density at radius 3 is 1.88 bits per heavy atom. The molecule has 0 aromatic rings. The summed E-state index contributed by atoms with van der Waals surface area (Å²) in [5.41, 5.74) is 0. The Morgan fingerprint density at radius 1 is 1.12 bits per heavy atom. The van der Waals surface area contributed by atoms with E-state index in [0.29, 0.717) is 0 Å². The van der Waals surface area contributed by atoms with Crippen molar-refractivity contribution in [3.05, 3.63) is 0 Å². The van der Waals surface area contributed by atoms with Gasteiger partial charge in [0.2, 0.25) is 0 Å². The van der Waals surface area contributed by atoms with Gasteiger partial charge in [0.1, 0.15) is 0 Å². The quantitative estimate of drug-likeness (QED) is 0.633. The molecule has 0 aliphatic carbocycles. The smallest absolute Gasteiger partial charge is 0.0739 e. The molecule has 0 amide bonds. The molecule has 1 fully saturated rings. The number of hydrogen-bond acceptors (Lipinski definition) is 3. The van der Waals surface area contributed by atoms with Crippen molar-refractivity contribution in [2.45, 2.75) is 0 Å². The van der Waals surface area contributed by atoms with Gasteiger partial charge in [0.25, 0.3) is 0 Å². The molecular formula is C3H7Br2N3. The minimum Gasteiger partial charge on any atom is -0.290 e. The third-order valence-corrected chi connectivity index (χ3v) is 1.82. The molecule has 48 valence electrons. The highest BCUT2D eigenvalue weighted by molar-refractivity contribution is 9.08. The van der Waals surface area contributed by atoms with E-state index in [0.717, 1.165) is 20.0 Å². The number of rotatable bonds is 0. The first-order valence-corrected chi connectivity index (χ1v) is 3.73. The molecule has 0 aromatic heterocycles. The van der Waals surface area contributed by atoms with Crippen LogP contribution in [0.1, 0.15) is 0 Å². The summed E-state index contributed by atoms with van der Waals surface area (Å²) < 4.78 is 3.98. The van der Waals surface area contributed by atoms with Crippen LogP contribution in [0.3, 0.4) is 0 Å². The summed E-state index contributed by atoms with van der Waals surface area (Å²) in [5.74, 6) is 0. The van der Waals surface area contributed by atoms with Crippen molar-refractivity contribution in [2.24, 2.45) is 0 Å². The van der Waals surface area contributed by atoms with E-state index in [-0.39, 0.29) is 0 Å². The van der Waals surface area contributed by atoms with Gasteiger partial charge in [-0.05, 0) is 0 Å². The third kappa shape index (κ3) is 1.99. The fraction of sp³-hybridized carbons (Fsp3) is 1.00. The summed E-state index contributed by atoms with van der Waals surface area (Å²) in [6, 6.07) is 0. The van der Waals surface area contributed by atoms with Gasteiger partial charge >= 0.3 is 0 Å². The highest BCUT2D eigenvalue weighted by atomic mass is 79.9. The number of nitrogens with one attached hydrogen (secondary N) is 1. The van der Waals surface area contributed by atoms with Gasteiger partial charge in [-0.25, -0.2) is 7.85 Å². The molecule has 8 heavy (non-hydrogen) atoms. The predicted octanol–water partition coefficient (Wildman–Crippen LogP) is 0.686. The van der Waals surface area contributed by atoms with Crippen LogP contribution in [0.2, 0.25) is 0 Å². The second-order valence-corrected chi connectivity index (χ2v) is 3.64. The van der Waals surface area contributed by atoms with Crippen molar-refractivity contribution < 1.29 is 0 Å². The first-order chi connectivity index (χ1) is 3.79. The lowest BCUT2D eigenvalue weighted by Crippen LogP contribution is -2.44. The molecule has 0 saturated carbocycles. The zero-order chi connectivity index (χ0) is 5.98. The Hall–Kier alpha value is 0.840. The fourth-order valence-corrected chi connectivity index (χ4v) is 1.76. The van der Waals surface area contributed by atoms with Gasteiger partial charge < -0.3 is 0 Å². The molecule has 0 radical (unpaired) electrons. The van der Waals surface area contributed by atoms with Gasteiger partial charge in [0.15, 0.2) is 0 Å². The average molecular weight is 245 g/mol. The summed E-state index contributed by atoms with van der Waals surface area (Å²) in [7, 11) is 0. The van der Waals surface area contributed by atoms with Gasteiger partial charge in [0.05, 0.1) is 20.0 Å². The van der Waals surface area contributed by atoms with Gasteiger partial charge in [-0.3, -0.25) is 5.32 Å². The summed E-state index contributed by atoms with van der Waals surface area (Å²) in [6.45, 7) is 2.72. The number of hydrogen-bond donors (Lipinski definition) is 1. The lowest BCUT2D eigenvalue weighted by molar-refractivity contribution is 0.247. The molecule has 1 N–H and O–H groups in total. The Balaban J connectivity index is 2.23. The molecule has 1 saturated heterocycles. The van der Waals surface area contributed by atoms with E-state index >= 15 is 0 Å². The minimum atomic E-state index is 0.905. The van der Waals surface area contributed by atoms with Gasteiger partial charge in [0, 0.05) is 32.3 Å². The van der Waals surface area contributed by atoms with E-state index in [2.05, 4.69) is 37.6 Å². The van der Waals surface area contributed by atoms with Crippen LogP contribution in [-0.4, -0.2) is 27.9 Å². The highest BCUT2D eigenvalue weighted by Gasteiger charge is 2.10. The largest absolute Gasteiger partial charge is 0.290 e. The third-order valence-electron chi connectivity index (χ3n) is 0.874. The van der Waals surface area contributed by atoms with E-state index in [4.69, 9.17) is 0 Å². The highest BCUT2D eigenvalue weighted by Crippen LogP contribution is 2.06. The molecule has 3 nitrogen and oxygen atoms in total. The topological polar surface area (TPSA) is 18.5 Å². The maximum absolute atomic E-state index is 3.33. The maximum atomic E-state index is 3.33. The van der Waals surface area contributed by atoms with Crippen LogP contribution in [0, 0.1) is 0 Å². The minimum absolute atomic E-state index is 0.905. The first kappa shape index (κ1) is 6.95. The zero-order valence-corrected chi connectivity index (χ0v) is 7.44. The molecule has 0 spiro atoms. The lowest BCUT2D eigenvalue weighted by Gasteiger charge is -2.27. The first-order valence-electron chi connectivity index (χ1n) is 2.31. The molecule has 1 aliphatic rings. The molecule has 0 bridgehead atoms. The monoisotopic (exact) mass is 243 g/mol. The van der Waals surface area contributed by atoms with Gasteiger partial charge in [-0.1, -0.05) is 0 Å². The van der Waals surface area contributed by atoms with E-state index in [1.54, 1.807) is 0 Å². The van der Waals surface area contributed by atoms with Gasteiger partial charge in [-0.2, -0.15) is 0 Å². The Bertz CT molecular complexity index is 70.9. The second kappa shape index (κ2) is 3.12. The summed E-state index contributed by atoms with van der Waals surface area (Å²) in [4.78, 5) is 0. The number of halogens is 2. The lowest BCUT2D eigenvalue weighted by atomic mass is 10.8. The van der Waals surface area contributed by atoms with Crippen molar-refractivity contribution in [2.75, 3.05) is 20.0 Å². The van der Waals surface area contributed by atoms with Crippen molar-refractivity contribution in [3.8, 4) is 0 Å². The van der Waals surface area contributed by atoms with Gasteiger partial charge in [-0.15, -0.1) is 0 Å². The Morgan fingerprint density at radius 2 is 1.62 bits per heavy atom. The van der Waals surface area contributed by atoms with Crippen LogP contribution in [0.15, 0.2) is 0 Å². The molecular weight excluding hydrogens is 238 g/mol. The van der Waals surface area contributed by atoms with Crippen LogP contribution < -0.4 is 5.32 Å². The number of nitrogens with zero attached hydrogens (tertiary/aromatic N) is 2. The second-order valence-electron chi connectivity index (χ2n) is 1.63. The molecule has 1 heterocycles. The van der Waals surface area contributed by atoms with Crippen molar-refractivity contribution in [3.63, 3.8) is 0 Å². The van der Waals surface area contributed by atoms with Crippen LogP contribution >= 0.6 is 32.3 Å². The molecule has 5 heteroatoms. The molecule has 1 aliphatic heterocycles. The molecule has 0 unspecified atom stereocenters. The summed E-state index contributed by atoms with van der Waals surface area (Å²) in [5, 5.41) is 3.14.